The van der Waals surface area contributed by atoms with Crippen LogP contribution in [0.25, 0.3) is 0 Å². The van der Waals surface area contributed by atoms with Gasteiger partial charge >= 0.3 is 5.97 Å². The van der Waals surface area contributed by atoms with Crippen molar-refractivity contribution in [2.24, 2.45) is 0 Å². The molecule has 1 amide bonds. The second-order valence-corrected chi connectivity index (χ2v) is 5.85. The van der Waals surface area contributed by atoms with Crippen molar-refractivity contribution in [1.29, 1.82) is 0 Å². The molecule has 24 heavy (non-hydrogen) atoms. The summed E-state index contributed by atoms with van der Waals surface area (Å²) < 4.78 is 31.4. The van der Waals surface area contributed by atoms with Gasteiger partial charge < -0.3 is 10.1 Å². The van der Waals surface area contributed by atoms with Gasteiger partial charge in [0.2, 0.25) is 0 Å². The molecule has 2 aromatic carbocycles. The van der Waals surface area contributed by atoms with Gasteiger partial charge in [0.05, 0.1) is 0 Å². The highest BCUT2D eigenvalue weighted by molar-refractivity contribution is 7.99. The van der Waals surface area contributed by atoms with Crippen molar-refractivity contribution in [3.8, 4) is 0 Å². The summed E-state index contributed by atoms with van der Waals surface area (Å²) >= 11 is 1.57. The molecule has 0 bridgehead atoms. The quantitative estimate of drug-likeness (QED) is 0.473. The van der Waals surface area contributed by atoms with Crippen molar-refractivity contribution in [1.82, 2.24) is 5.32 Å². The third-order valence-corrected chi connectivity index (χ3v) is 3.95. The molecule has 0 atom stereocenters. The van der Waals surface area contributed by atoms with Gasteiger partial charge in [0, 0.05) is 17.2 Å². The van der Waals surface area contributed by atoms with Crippen molar-refractivity contribution in [3.63, 3.8) is 0 Å². The van der Waals surface area contributed by atoms with Gasteiger partial charge in [-0.3, -0.25) is 4.79 Å². The Hall–Kier alpha value is -2.41. The molecule has 0 saturated carbocycles. The summed E-state index contributed by atoms with van der Waals surface area (Å²) in [4.78, 5) is 24.3. The Balaban J connectivity index is 1.70. The van der Waals surface area contributed by atoms with Crippen molar-refractivity contribution >= 4 is 23.6 Å². The molecule has 0 aliphatic rings. The van der Waals surface area contributed by atoms with Crippen LogP contribution in [0.3, 0.4) is 0 Å². The molecule has 0 aliphatic carbocycles. The minimum Gasteiger partial charge on any atom is -0.452 e. The van der Waals surface area contributed by atoms with E-state index in [1.807, 2.05) is 30.3 Å². The fourth-order valence-electron chi connectivity index (χ4n) is 1.82. The molecule has 4 nitrogen and oxygen atoms in total. The Bertz CT molecular complexity index is 690. The number of hydrogen-bond donors (Lipinski definition) is 1. The minimum atomic E-state index is -1.21. The fraction of sp³-hybridized carbons (Fsp3) is 0.176. The van der Waals surface area contributed by atoms with E-state index < -0.39 is 35.7 Å². The third kappa shape index (κ3) is 5.34. The van der Waals surface area contributed by atoms with Crippen LogP contribution in [0.4, 0.5) is 8.78 Å². The lowest BCUT2D eigenvalue weighted by atomic mass is 10.2. The first kappa shape index (κ1) is 17.9. The maximum atomic E-state index is 13.4. The summed E-state index contributed by atoms with van der Waals surface area (Å²) in [6.45, 7) is -0.216. The smallest absolute Gasteiger partial charge is 0.344 e. The number of carbonyl (C=O) groups excluding carboxylic acids is 2. The van der Waals surface area contributed by atoms with Crippen LogP contribution in [0.5, 0.6) is 0 Å². The fourth-order valence-corrected chi connectivity index (χ4v) is 2.61. The minimum absolute atomic E-state index is 0.379. The maximum Gasteiger partial charge on any atom is 0.344 e. The number of benzene rings is 2. The summed E-state index contributed by atoms with van der Waals surface area (Å²) in [5.74, 6) is -3.15. The Kier molecular flexibility index (Phi) is 6.74. The lowest BCUT2D eigenvalue weighted by Crippen LogP contribution is -2.30. The first-order valence-corrected chi connectivity index (χ1v) is 8.12. The first-order valence-electron chi connectivity index (χ1n) is 7.13. The number of esters is 1. The van der Waals surface area contributed by atoms with Crippen LogP contribution < -0.4 is 5.32 Å². The van der Waals surface area contributed by atoms with Crippen LogP contribution in [0.1, 0.15) is 10.4 Å². The third-order valence-electron chi connectivity index (χ3n) is 2.94. The van der Waals surface area contributed by atoms with E-state index in [1.165, 1.54) is 0 Å². The molecule has 0 unspecified atom stereocenters. The summed E-state index contributed by atoms with van der Waals surface area (Å²) in [6, 6.07) is 12.7. The Labute approximate surface area is 142 Å². The van der Waals surface area contributed by atoms with Crippen molar-refractivity contribution in [2.45, 2.75) is 4.90 Å². The Morgan fingerprint density at radius 3 is 2.33 bits per heavy atom. The number of halogens is 2. The van der Waals surface area contributed by atoms with E-state index in [-0.39, 0.29) is 0 Å². The molecule has 0 heterocycles. The molecule has 0 spiro atoms. The van der Waals surface area contributed by atoms with E-state index in [9.17, 15) is 18.4 Å². The molecule has 7 heteroatoms. The molecule has 0 saturated heterocycles. The van der Waals surface area contributed by atoms with Gasteiger partial charge in [-0.15, -0.1) is 11.8 Å². The zero-order chi connectivity index (χ0) is 17.4. The standard InChI is InChI=1S/C17H15F2NO3S/c18-13-7-4-8-14(19)16(13)17(22)23-11-15(21)20-9-10-24-12-5-2-1-3-6-12/h1-8H,9-11H2,(H,20,21). The number of amides is 1. The van der Waals surface area contributed by atoms with Gasteiger partial charge in [0.25, 0.3) is 5.91 Å². The number of thioether (sulfide) groups is 1. The average molecular weight is 351 g/mol. The number of nitrogens with one attached hydrogen (secondary N) is 1. The van der Waals surface area contributed by atoms with Crippen LogP contribution in [0.2, 0.25) is 0 Å². The lowest BCUT2D eigenvalue weighted by Gasteiger charge is -2.07. The largest absolute Gasteiger partial charge is 0.452 e. The maximum absolute atomic E-state index is 13.4. The Morgan fingerprint density at radius 1 is 1.00 bits per heavy atom. The summed E-state index contributed by atoms with van der Waals surface area (Å²) in [6.07, 6.45) is 0. The van der Waals surface area contributed by atoms with E-state index in [0.717, 1.165) is 23.1 Å². The van der Waals surface area contributed by atoms with E-state index in [4.69, 9.17) is 0 Å². The monoisotopic (exact) mass is 351 g/mol. The average Bonchev–Trinajstić information content (AvgIpc) is 2.57. The molecule has 0 fully saturated rings. The topological polar surface area (TPSA) is 55.4 Å². The normalized spacial score (nSPS) is 10.2. The highest BCUT2D eigenvalue weighted by atomic mass is 32.2. The highest BCUT2D eigenvalue weighted by Gasteiger charge is 2.19. The molecule has 126 valence electrons. The van der Waals surface area contributed by atoms with Crippen molar-refractivity contribution in [3.05, 3.63) is 65.7 Å². The molecule has 2 rings (SSSR count). The van der Waals surface area contributed by atoms with E-state index in [0.29, 0.717) is 12.3 Å². The van der Waals surface area contributed by atoms with E-state index in [2.05, 4.69) is 10.1 Å². The summed E-state index contributed by atoms with van der Waals surface area (Å²) in [5.41, 5.74) is -0.801. The second kappa shape index (κ2) is 9.02. The van der Waals surface area contributed by atoms with Crippen LogP contribution in [0.15, 0.2) is 53.4 Å². The zero-order valence-corrected chi connectivity index (χ0v) is 13.4. The van der Waals surface area contributed by atoms with Gasteiger partial charge in [-0.1, -0.05) is 24.3 Å². The molecule has 2 aromatic rings. The van der Waals surface area contributed by atoms with Gasteiger partial charge in [-0.2, -0.15) is 0 Å². The zero-order valence-electron chi connectivity index (χ0n) is 12.6. The molecular formula is C17H15F2NO3S. The van der Waals surface area contributed by atoms with Crippen molar-refractivity contribution in [2.75, 3.05) is 18.9 Å². The number of rotatable bonds is 7. The number of ether oxygens (including phenoxy) is 1. The molecule has 0 aromatic heterocycles. The van der Waals surface area contributed by atoms with E-state index >= 15 is 0 Å². The van der Waals surface area contributed by atoms with E-state index in [1.54, 1.807) is 11.8 Å². The number of hydrogen-bond acceptors (Lipinski definition) is 4. The van der Waals surface area contributed by atoms with Gasteiger partial charge in [-0.05, 0) is 24.3 Å². The predicted octanol–water partition coefficient (Wildman–Crippen LogP) is 3.03. The summed E-state index contributed by atoms with van der Waals surface area (Å²) in [5, 5.41) is 2.56. The summed E-state index contributed by atoms with van der Waals surface area (Å²) in [7, 11) is 0. The second-order valence-electron chi connectivity index (χ2n) is 4.68. The lowest BCUT2D eigenvalue weighted by molar-refractivity contribution is -0.124. The predicted molar refractivity (Wildman–Crippen MR) is 86.8 cm³/mol. The van der Waals surface area contributed by atoms with Gasteiger partial charge in [0.1, 0.15) is 17.2 Å². The van der Waals surface area contributed by atoms with Crippen LogP contribution in [-0.4, -0.2) is 30.8 Å². The SMILES string of the molecule is O=C(COC(=O)c1c(F)cccc1F)NCCSc1ccccc1. The number of carbonyl (C=O) groups is 2. The molecule has 1 N–H and O–H groups in total. The van der Waals surface area contributed by atoms with Crippen LogP contribution in [-0.2, 0) is 9.53 Å². The van der Waals surface area contributed by atoms with Crippen LogP contribution >= 0.6 is 11.8 Å². The Morgan fingerprint density at radius 2 is 1.67 bits per heavy atom. The molecule has 0 radical (unpaired) electrons. The van der Waals surface area contributed by atoms with Gasteiger partial charge in [-0.25, -0.2) is 13.6 Å². The highest BCUT2D eigenvalue weighted by Crippen LogP contribution is 2.16. The van der Waals surface area contributed by atoms with Crippen LogP contribution in [0, 0.1) is 11.6 Å². The van der Waals surface area contributed by atoms with Gasteiger partial charge in [0.15, 0.2) is 6.61 Å². The molecule has 0 aliphatic heterocycles. The van der Waals surface area contributed by atoms with Crippen molar-refractivity contribution < 1.29 is 23.1 Å². The molecular weight excluding hydrogens is 336 g/mol. The first-order chi connectivity index (χ1) is 11.6.